The predicted molar refractivity (Wildman–Crippen MR) is 70.6 cm³/mol. The Morgan fingerprint density at radius 3 is 2.84 bits per heavy atom. The molecule has 1 N–H and O–H groups in total. The number of nitrogens with one attached hydrogen (secondary N) is 1. The highest BCUT2D eigenvalue weighted by Crippen LogP contribution is 2.37. The van der Waals surface area contributed by atoms with E-state index >= 15 is 0 Å². The fourth-order valence-corrected chi connectivity index (χ4v) is 3.07. The summed E-state index contributed by atoms with van der Waals surface area (Å²) in [5.74, 6) is -0.185. The molecule has 96 valence electrons. The van der Waals surface area contributed by atoms with E-state index in [2.05, 4.69) is 22.9 Å². The second kappa shape index (κ2) is 4.52. The number of hydrogen-bond donors (Lipinski definition) is 1. The number of benzene rings is 1. The number of carbonyl (C=O) groups excluding carboxylic acids is 1. The maximum Gasteiger partial charge on any atom is 0.241 e. The third-order valence-electron chi connectivity index (χ3n) is 3.93. The fourth-order valence-electron chi connectivity index (χ4n) is 3.07. The van der Waals surface area contributed by atoms with Gasteiger partial charge in [0, 0.05) is 12.2 Å². The molecule has 3 rings (SSSR count). The van der Waals surface area contributed by atoms with Crippen LogP contribution in [-0.4, -0.2) is 22.9 Å². The normalized spacial score (nSPS) is 29.9. The van der Waals surface area contributed by atoms with Crippen molar-refractivity contribution in [2.24, 2.45) is 5.92 Å². The van der Waals surface area contributed by atoms with Gasteiger partial charge in [-0.05, 0) is 12.0 Å². The van der Waals surface area contributed by atoms with Crippen LogP contribution in [0, 0.1) is 17.2 Å². The molecule has 4 heteroatoms. The number of carbonyl (C=O) groups is 1. The maximum atomic E-state index is 12.0. The smallest absolute Gasteiger partial charge is 0.241 e. The molecule has 0 spiro atoms. The molecule has 0 saturated carbocycles. The van der Waals surface area contributed by atoms with E-state index in [1.165, 1.54) is 0 Å². The molecule has 2 bridgehead atoms. The minimum atomic E-state index is -0.208. The van der Waals surface area contributed by atoms with Gasteiger partial charge in [0.15, 0.2) is 0 Å². The van der Waals surface area contributed by atoms with Gasteiger partial charge in [0.25, 0.3) is 0 Å². The van der Waals surface area contributed by atoms with Crippen molar-refractivity contribution in [2.75, 3.05) is 0 Å². The molecule has 0 unspecified atom stereocenters. The van der Waals surface area contributed by atoms with Crippen molar-refractivity contribution in [3.63, 3.8) is 0 Å². The number of nitrogens with zero attached hydrogens (tertiary/aromatic N) is 2. The van der Waals surface area contributed by atoms with Crippen molar-refractivity contribution in [3.8, 4) is 6.07 Å². The lowest BCUT2D eigenvalue weighted by molar-refractivity contribution is -0.127. The fraction of sp³-hybridized carbons (Fsp3) is 0.333. The van der Waals surface area contributed by atoms with E-state index in [0.717, 1.165) is 5.56 Å². The number of piperazine rings is 1. The minimum absolute atomic E-state index is 0.0325. The Balaban J connectivity index is 1.90. The second-order valence-electron chi connectivity index (χ2n) is 5.10. The third kappa shape index (κ3) is 1.92. The molecular formula is C15H15N3O. The topological polar surface area (TPSA) is 56.1 Å². The highest BCUT2D eigenvalue weighted by molar-refractivity contribution is 5.85. The maximum absolute atomic E-state index is 12.0. The Labute approximate surface area is 112 Å². The van der Waals surface area contributed by atoms with Crippen LogP contribution in [0.3, 0.4) is 0 Å². The molecule has 3 atom stereocenters. The predicted octanol–water partition coefficient (Wildman–Crippen LogP) is 1.41. The lowest BCUT2D eigenvalue weighted by atomic mass is 10.00. The van der Waals surface area contributed by atoms with Gasteiger partial charge in [-0.2, -0.15) is 5.26 Å². The molecule has 2 aliphatic rings. The van der Waals surface area contributed by atoms with Crippen LogP contribution in [0.15, 0.2) is 42.6 Å². The molecular weight excluding hydrogens is 238 g/mol. The first-order valence-corrected chi connectivity index (χ1v) is 6.39. The van der Waals surface area contributed by atoms with E-state index in [4.69, 9.17) is 0 Å². The Morgan fingerprint density at radius 2 is 2.16 bits per heavy atom. The zero-order valence-corrected chi connectivity index (χ0v) is 10.5. The van der Waals surface area contributed by atoms with Gasteiger partial charge in [-0.1, -0.05) is 36.9 Å². The molecule has 2 saturated heterocycles. The van der Waals surface area contributed by atoms with Crippen molar-refractivity contribution in [1.29, 1.82) is 5.26 Å². The summed E-state index contributed by atoms with van der Waals surface area (Å²) in [6.07, 6.45) is 0.596. The van der Waals surface area contributed by atoms with Crippen LogP contribution < -0.4 is 5.32 Å². The largest absolute Gasteiger partial charge is 0.327 e. The Morgan fingerprint density at radius 1 is 1.42 bits per heavy atom. The second-order valence-corrected chi connectivity index (χ2v) is 5.10. The highest BCUT2D eigenvalue weighted by atomic mass is 16.2. The van der Waals surface area contributed by atoms with Crippen LogP contribution in [0.25, 0.3) is 0 Å². The van der Waals surface area contributed by atoms with E-state index in [0.29, 0.717) is 18.7 Å². The van der Waals surface area contributed by atoms with Crippen molar-refractivity contribution >= 4 is 5.91 Å². The summed E-state index contributed by atoms with van der Waals surface area (Å²) < 4.78 is 0. The van der Waals surface area contributed by atoms with Gasteiger partial charge in [-0.3, -0.25) is 9.69 Å². The first kappa shape index (κ1) is 11.9. The van der Waals surface area contributed by atoms with Gasteiger partial charge in [0.1, 0.15) is 0 Å². The Hall–Kier alpha value is -2.12. The van der Waals surface area contributed by atoms with Gasteiger partial charge in [-0.25, -0.2) is 0 Å². The molecule has 2 heterocycles. The molecule has 0 aromatic heterocycles. The van der Waals surface area contributed by atoms with Crippen molar-refractivity contribution < 1.29 is 4.79 Å². The monoisotopic (exact) mass is 253 g/mol. The number of nitriles is 1. The Bertz CT molecular complexity index is 561. The lowest BCUT2D eigenvalue weighted by Gasteiger charge is -2.36. The van der Waals surface area contributed by atoms with Crippen LogP contribution in [0.5, 0.6) is 0 Å². The van der Waals surface area contributed by atoms with Crippen LogP contribution in [0.1, 0.15) is 12.0 Å². The standard InChI is InChI=1S/C15H15N3O/c1-10-14-12(8-16)7-13(15(19)17-10)18(14)9-11-5-3-2-4-6-11/h2-6,12-14H,1,7,9H2,(H,17,19)/t12-,13-,14-/m1/s1. The summed E-state index contributed by atoms with van der Waals surface area (Å²) in [6.45, 7) is 4.59. The summed E-state index contributed by atoms with van der Waals surface area (Å²) in [7, 11) is 0. The zero-order chi connectivity index (χ0) is 13.4. The quantitative estimate of drug-likeness (QED) is 0.867. The van der Waals surface area contributed by atoms with Gasteiger partial charge in [0.2, 0.25) is 5.91 Å². The molecule has 2 fully saturated rings. The molecule has 0 radical (unpaired) electrons. The lowest BCUT2D eigenvalue weighted by Crippen LogP contribution is -2.53. The summed E-state index contributed by atoms with van der Waals surface area (Å²) in [4.78, 5) is 14.1. The average Bonchev–Trinajstić information content (AvgIpc) is 2.71. The van der Waals surface area contributed by atoms with Gasteiger partial charge >= 0.3 is 0 Å². The molecule has 19 heavy (non-hydrogen) atoms. The van der Waals surface area contributed by atoms with E-state index in [-0.39, 0.29) is 23.9 Å². The number of fused-ring (bicyclic) bond motifs is 2. The Kier molecular flexibility index (Phi) is 2.84. The first-order chi connectivity index (χ1) is 9.20. The number of amides is 1. The van der Waals surface area contributed by atoms with Crippen molar-refractivity contribution in [3.05, 3.63) is 48.2 Å². The van der Waals surface area contributed by atoms with Gasteiger partial charge < -0.3 is 5.32 Å². The van der Waals surface area contributed by atoms with E-state index < -0.39 is 0 Å². The molecule has 1 aromatic rings. The van der Waals surface area contributed by atoms with Crippen molar-refractivity contribution in [2.45, 2.75) is 25.0 Å². The number of rotatable bonds is 2. The summed E-state index contributed by atoms with van der Waals surface area (Å²) >= 11 is 0. The molecule has 1 amide bonds. The highest BCUT2D eigenvalue weighted by Gasteiger charge is 2.49. The van der Waals surface area contributed by atoms with E-state index in [9.17, 15) is 10.1 Å². The summed E-state index contributed by atoms with van der Waals surface area (Å²) in [5, 5.41) is 12.0. The average molecular weight is 253 g/mol. The van der Waals surface area contributed by atoms with Crippen LogP contribution in [-0.2, 0) is 11.3 Å². The summed E-state index contributed by atoms with van der Waals surface area (Å²) in [6, 6.07) is 12.1. The molecule has 1 aromatic carbocycles. The summed E-state index contributed by atoms with van der Waals surface area (Å²) in [5.41, 5.74) is 1.81. The third-order valence-corrected chi connectivity index (χ3v) is 3.93. The minimum Gasteiger partial charge on any atom is -0.327 e. The zero-order valence-electron chi connectivity index (χ0n) is 10.5. The van der Waals surface area contributed by atoms with Crippen molar-refractivity contribution in [1.82, 2.24) is 10.2 Å². The van der Waals surface area contributed by atoms with Gasteiger partial charge in [-0.15, -0.1) is 0 Å². The van der Waals surface area contributed by atoms with E-state index in [1.54, 1.807) is 0 Å². The molecule has 2 aliphatic heterocycles. The first-order valence-electron chi connectivity index (χ1n) is 6.39. The van der Waals surface area contributed by atoms with Crippen LogP contribution >= 0.6 is 0 Å². The van der Waals surface area contributed by atoms with Crippen LogP contribution in [0.4, 0.5) is 0 Å². The number of hydrogen-bond acceptors (Lipinski definition) is 3. The van der Waals surface area contributed by atoms with E-state index in [1.807, 2.05) is 30.3 Å². The molecule has 0 aliphatic carbocycles. The van der Waals surface area contributed by atoms with Gasteiger partial charge in [0.05, 0.1) is 24.1 Å². The van der Waals surface area contributed by atoms with Crippen LogP contribution in [0.2, 0.25) is 0 Å². The molecule has 4 nitrogen and oxygen atoms in total. The SMILES string of the molecule is C=C1NC(=O)[C@H]2C[C@H](C#N)[C@@H]1N2Cc1ccccc1.